The maximum Gasteiger partial charge on any atom is 0.0708 e. The van der Waals surface area contributed by atoms with Gasteiger partial charge in [-0.3, -0.25) is 4.98 Å². The van der Waals surface area contributed by atoms with Crippen LogP contribution >= 0.6 is 0 Å². The minimum atomic E-state index is 0.576. The van der Waals surface area contributed by atoms with Crippen molar-refractivity contribution in [3.05, 3.63) is 72.1 Å². The van der Waals surface area contributed by atoms with Gasteiger partial charge in [0, 0.05) is 29.2 Å². The zero-order chi connectivity index (χ0) is 15.1. The largest absolute Gasteiger partial charge is 0.343 e. The summed E-state index contributed by atoms with van der Waals surface area (Å²) in [5.41, 5.74) is 13.0. The molecule has 0 saturated carbocycles. The van der Waals surface area contributed by atoms with E-state index in [1.807, 2.05) is 31.2 Å². The first-order chi connectivity index (χ1) is 10.7. The number of aromatic nitrogens is 2. The molecule has 4 rings (SSSR count). The minimum Gasteiger partial charge on any atom is -0.343 e. The van der Waals surface area contributed by atoms with Gasteiger partial charge in [-0.25, -0.2) is 0 Å². The Labute approximate surface area is 129 Å². The summed E-state index contributed by atoms with van der Waals surface area (Å²) in [5, 5.41) is 2.19. The number of nitrogens with zero attached hydrogens (tertiary/aromatic N) is 2. The molecule has 0 bridgehead atoms. The molecule has 107 valence electrons. The first-order valence-corrected chi connectivity index (χ1v) is 7.37. The lowest BCUT2D eigenvalue weighted by Gasteiger charge is -2.10. The number of aryl methyl sites for hydroxylation is 1. The van der Waals surface area contributed by atoms with Crippen molar-refractivity contribution >= 4 is 27.5 Å². The highest BCUT2D eigenvalue weighted by atomic mass is 15.0. The van der Waals surface area contributed by atoms with Crippen LogP contribution in [0.25, 0.3) is 21.8 Å². The van der Waals surface area contributed by atoms with E-state index >= 15 is 0 Å². The molecule has 0 amide bonds. The summed E-state index contributed by atoms with van der Waals surface area (Å²) < 4.78 is 2.20. The van der Waals surface area contributed by atoms with Crippen molar-refractivity contribution in [2.45, 2.75) is 13.5 Å². The molecule has 2 aromatic carbocycles. The van der Waals surface area contributed by atoms with Gasteiger partial charge in [-0.1, -0.05) is 24.3 Å². The number of pyridine rings is 1. The Morgan fingerprint density at radius 3 is 2.77 bits per heavy atom. The highest BCUT2D eigenvalue weighted by Gasteiger charge is 2.08. The van der Waals surface area contributed by atoms with Gasteiger partial charge in [-0.05, 0) is 42.8 Å². The zero-order valence-corrected chi connectivity index (χ0v) is 12.4. The van der Waals surface area contributed by atoms with E-state index in [2.05, 4.69) is 46.1 Å². The number of hydrogen-bond acceptors (Lipinski definition) is 1. The Balaban J connectivity index is 1.88. The van der Waals surface area contributed by atoms with Crippen molar-refractivity contribution in [3.8, 4) is 0 Å². The zero-order valence-electron chi connectivity index (χ0n) is 12.4. The molecule has 1 N–H and O–H groups in total. The van der Waals surface area contributed by atoms with Crippen LogP contribution < -0.4 is 5.73 Å². The fraction of sp³-hybridized carbons (Fsp3) is 0.105. The SMILES string of the molecule is Cc1cc(Cn2ccc3c([NH])cccc32)c2ccccc2n1. The molecule has 0 saturated heterocycles. The molecule has 0 unspecified atom stereocenters. The topological polar surface area (TPSA) is 41.6 Å². The quantitative estimate of drug-likeness (QED) is 0.536. The van der Waals surface area contributed by atoms with Crippen LogP contribution in [0.4, 0.5) is 5.69 Å². The molecule has 3 nitrogen and oxygen atoms in total. The average molecular weight is 286 g/mol. The molecule has 3 heteroatoms. The van der Waals surface area contributed by atoms with E-state index in [-0.39, 0.29) is 0 Å². The molecule has 0 atom stereocenters. The molecule has 1 radical (unpaired) electrons. The first kappa shape index (κ1) is 12.9. The summed E-state index contributed by atoms with van der Waals surface area (Å²) in [4.78, 5) is 4.60. The smallest absolute Gasteiger partial charge is 0.0708 e. The summed E-state index contributed by atoms with van der Waals surface area (Å²) >= 11 is 0. The summed E-state index contributed by atoms with van der Waals surface area (Å²) in [6.07, 6.45) is 2.06. The van der Waals surface area contributed by atoms with Crippen LogP contribution in [0.5, 0.6) is 0 Å². The lowest BCUT2D eigenvalue weighted by atomic mass is 10.1. The second kappa shape index (κ2) is 4.88. The third kappa shape index (κ3) is 2.02. The van der Waals surface area contributed by atoms with E-state index in [0.29, 0.717) is 5.69 Å². The lowest BCUT2D eigenvalue weighted by molar-refractivity contribution is 0.840. The highest BCUT2D eigenvalue weighted by molar-refractivity contribution is 5.90. The first-order valence-electron chi connectivity index (χ1n) is 7.37. The van der Waals surface area contributed by atoms with Crippen molar-refractivity contribution < 1.29 is 0 Å². The van der Waals surface area contributed by atoms with Crippen LogP contribution in [0, 0.1) is 6.92 Å². The van der Waals surface area contributed by atoms with Crippen molar-refractivity contribution in [1.29, 1.82) is 0 Å². The normalized spacial score (nSPS) is 11.3. The monoisotopic (exact) mass is 286 g/mol. The fourth-order valence-electron chi connectivity index (χ4n) is 3.07. The Kier molecular flexibility index (Phi) is 2.86. The van der Waals surface area contributed by atoms with E-state index in [1.165, 1.54) is 10.9 Å². The van der Waals surface area contributed by atoms with E-state index in [0.717, 1.165) is 28.7 Å². The Bertz CT molecular complexity index is 982. The predicted molar refractivity (Wildman–Crippen MR) is 90.3 cm³/mol. The summed E-state index contributed by atoms with van der Waals surface area (Å²) in [7, 11) is 0. The minimum absolute atomic E-state index is 0.576. The number of benzene rings is 2. The number of nitrogens with one attached hydrogen (secondary N) is 1. The predicted octanol–water partition coefficient (Wildman–Crippen LogP) is 4.46. The van der Waals surface area contributed by atoms with Gasteiger partial charge in [0.1, 0.15) is 0 Å². The molecule has 22 heavy (non-hydrogen) atoms. The Morgan fingerprint density at radius 1 is 1.00 bits per heavy atom. The van der Waals surface area contributed by atoms with Crippen LogP contribution in [0.3, 0.4) is 0 Å². The molecule has 2 aromatic heterocycles. The van der Waals surface area contributed by atoms with Gasteiger partial charge in [0.2, 0.25) is 0 Å². The van der Waals surface area contributed by atoms with Crippen LogP contribution in [-0.4, -0.2) is 9.55 Å². The number of rotatable bonds is 2. The van der Waals surface area contributed by atoms with Gasteiger partial charge in [0.05, 0.1) is 16.7 Å². The van der Waals surface area contributed by atoms with Crippen LogP contribution in [0.1, 0.15) is 11.3 Å². The Hall–Kier alpha value is -2.81. The number of para-hydroxylation sites is 1. The van der Waals surface area contributed by atoms with Gasteiger partial charge < -0.3 is 10.3 Å². The summed E-state index contributed by atoms with van der Waals surface area (Å²) in [5.74, 6) is 0. The van der Waals surface area contributed by atoms with Crippen LogP contribution in [-0.2, 0) is 6.54 Å². The van der Waals surface area contributed by atoms with E-state index in [4.69, 9.17) is 5.73 Å². The standard InChI is InChI=1S/C19H16N3/c1-13-11-14(15-5-2-3-7-18(15)21-13)12-22-10-9-16-17(20)6-4-8-19(16)22/h2-11,20H,12H2,1H3. The molecular weight excluding hydrogens is 270 g/mol. The third-order valence-corrected chi connectivity index (χ3v) is 4.08. The molecular formula is C19H16N3. The highest BCUT2D eigenvalue weighted by Crippen LogP contribution is 2.25. The van der Waals surface area contributed by atoms with Crippen LogP contribution in [0.2, 0.25) is 0 Å². The molecule has 4 aromatic rings. The molecule has 2 heterocycles. The molecule has 0 fully saturated rings. The van der Waals surface area contributed by atoms with Crippen molar-refractivity contribution in [2.75, 3.05) is 0 Å². The molecule has 0 spiro atoms. The second-order valence-electron chi connectivity index (χ2n) is 5.62. The van der Waals surface area contributed by atoms with E-state index in [1.54, 1.807) is 0 Å². The van der Waals surface area contributed by atoms with Crippen molar-refractivity contribution in [2.24, 2.45) is 0 Å². The number of hydrogen-bond donors (Lipinski definition) is 0. The summed E-state index contributed by atoms with van der Waals surface area (Å²) in [6, 6.07) is 18.3. The molecule has 0 aliphatic heterocycles. The van der Waals surface area contributed by atoms with Crippen LogP contribution in [0.15, 0.2) is 60.8 Å². The number of fused-ring (bicyclic) bond motifs is 2. The average Bonchev–Trinajstić information content (AvgIpc) is 2.92. The van der Waals surface area contributed by atoms with Crippen molar-refractivity contribution in [3.63, 3.8) is 0 Å². The third-order valence-electron chi connectivity index (χ3n) is 4.08. The Morgan fingerprint density at radius 2 is 1.86 bits per heavy atom. The lowest BCUT2D eigenvalue weighted by Crippen LogP contribution is -2.00. The van der Waals surface area contributed by atoms with Crippen molar-refractivity contribution in [1.82, 2.24) is 15.3 Å². The fourth-order valence-corrected chi connectivity index (χ4v) is 3.07. The summed E-state index contributed by atoms with van der Waals surface area (Å²) in [6.45, 7) is 2.82. The molecule has 0 aliphatic carbocycles. The molecule has 0 aliphatic rings. The van der Waals surface area contributed by atoms with E-state index in [9.17, 15) is 0 Å². The maximum absolute atomic E-state index is 8.00. The maximum atomic E-state index is 8.00. The van der Waals surface area contributed by atoms with Gasteiger partial charge in [-0.15, -0.1) is 0 Å². The second-order valence-corrected chi connectivity index (χ2v) is 5.62. The van der Waals surface area contributed by atoms with Gasteiger partial charge in [0.25, 0.3) is 0 Å². The van der Waals surface area contributed by atoms with E-state index < -0.39 is 0 Å². The van der Waals surface area contributed by atoms with Gasteiger partial charge >= 0.3 is 0 Å². The van der Waals surface area contributed by atoms with Gasteiger partial charge in [-0.2, -0.15) is 0 Å². The van der Waals surface area contributed by atoms with Gasteiger partial charge in [0.15, 0.2) is 0 Å².